The monoisotopic (exact) mass is 295 g/mol. The lowest BCUT2D eigenvalue weighted by molar-refractivity contribution is 0.112. The Morgan fingerprint density at radius 3 is 2.19 bits per heavy atom. The average molecular weight is 296 g/mol. The Morgan fingerprint density at radius 1 is 1.00 bits per heavy atom. The SMILES string of the molecule is CC(C)NCC(C)(C)CN1CCC(CN2CCCC2)CC1. The maximum Gasteiger partial charge on any atom is 0.00448 e. The van der Waals surface area contributed by atoms with Crippen molar-refractivity contribution >= 4 is 0 Å². The molecule has 124 valence electrons. The van der Waals surface area contributed by atoms with Gasteiger partial charge in [0.2, 0.25) is 0 Å². The molecular weight excluding hydrogens is 258 g/mol. The van der Waals surface area contributed by atoms with Crippen molar-refractivity contribution < 1.29 is 0 Å². The highest BCUT2D eigenvalue weighted by molar-refractivity contribution is 4.82. The summed E-state index contributed by atoms with van der Waals surface area (Å²) < 4.78 is 0. The molecule has 2 heterocycles. The third-order valence-corrected chi connectivity index (χ3v) is 5.06. The van der Waals surface area contributed by atoms with E-state index in [1.807, 2.05) is 0 Å². The molecular formula is C18H37N3. The largest absolute Gasteiger partial charge is 0.314 e. The minimum absolute atomic E-state index is 0.381. The molecule has 3 nitrogen and oxygen atoms in total. The van der Waals surface area contributed by atoms with Gasteiger partial charge in [0.1, 0.15) is 0 Å². The summed E-state index contributed by atoms with van der Waals surface area (Å²) in [6, 6.07) is 0.593. The third kappa shape index (κ3) is 6.25. The number of nitrogens with zero attached hydrogens (tertiary/aromatic N) is 2. The number of hydrogen-bond donors (Lipinski definition) is 1. The van der Waals surface area contributed by atoms with Gasteiger partial charge in [-0.05, 0) is 63.2 Å². The lowest BCUT2D eigenvalue weighted by Gasteiger charge is -2.38. The van der Waals surface area contributed by atoms with Crippen molar-refractivity contribution in [2.24, 2.45) is 11.3 Å². The summed E-state index contributed by atoms with van der Waals surface area (Å²) in [6.07, 6.45) is 5.67. The van der Waals surface area contributed by atoms with Gasteiger partial charge in [0.15, 0.2) is 0 Å². The summed E-state index contributed by atoms with van der Waals surface area (Å²) in [5.74, 6) is 0.955. The Kier molecular flexibility index (Phi) is 6.51. The van der Waals surface area contributed by atoms with Crippen molar-refractivity contribution in [2.75, 3.05) is 45.8 Å². The van der Waals surface area contributed by atoms with E-state index in [1.54, 1.807) is 0 Å². The summed E-state index contributed by atoms with van der Waals surface area (Å²) in [5.41, 5.74) is 0.381. The van der Waals surface area contributed by atoms with Crippen LogP contribution in [0.25, 0.3) is 0 Å². The molecule has 2 aliphatic heterocycles. The van der Waals surface area contributed by atoms with Crippen LogP contribution in [0.15, 0.2) is 0 Å². The highest BCUT2D eigenvalue weighted by Crippen LogP contribution is 2.24. The van der Waals surface area contributed by atoms with Gasteiger partial charge < -0.3 is 15.1 Å². The molecule has 0 aromatic heterocycles. The maximum absolute atomic E-state index is 3.60. The van der Waals surface area contributed by atoms with E-state index in [4.69, 9.17) is 0 Å². The quantitative estimate of drug-likeness (QED) is 0.779. The van der Waals surface area contributed by atoms with Crippen molar-refractivity contribution in [1.29, 1.82) is 0 Å². The molecule has 2 rings (SSSR count). The first kappa shape index (κ1) is 17.2. The molecule has 0 aliphatic carbocycles. The van der Waals surface area contributed by atoms with Crippen molar-refractivity contribution in [3.8, 4) is 0 Å². The molecule has 2 fully saturated rings. The maximum atomic E-state index is 3.60. The Bertz CT molecular complexity index is 287. The second-order valence-electron chi connectivity index (χ2n) is 8.43. The fourth-order valence-corrected chi connectivity index (χ4v) is 3.80. The van der Waals surface area contributed by atoms with Gasteiger partial charge in [-0.25, -0.2) is 0 Å². The van der Waals surface area contributed by atoms with E-state index in [0.29, 0.717) is 11.5 Å². The average Bonchev–Trinajstić information content (AvgIpc) is 2.92. The molecule has 0 unspecified atom stereocenters. The van der Waals surface area contributed by atoms with Gasteiger partial charge >= 0.3 is 0 Å². The highest BCUT2D eigenvalue weighted by atomic mass is 15.2. The van der Waals surface area contributed by atoms with Gasteiger partial charge in [0, 0.05) is 25.7 Å². The first-order valence-corrected chi connectivity index (χ1v) is 9.13. The lowest BCUT2D eigenvalue weighted by atomic mass is 9.89. The van der Waals surface area contributed by atoms with E-state index in [2.05, 4.69) is 42.8 Å². The number of likely N-dealkylation sites (tertiary alicyclic amines) is 2. The van der Waals surface area contributed by atoms with Crippen LogP contribution < -0.4 is 5.32 Å². The molecule has 0 saturated carbocycles. The molecule has 0 radical (unpaired) electrons. The van der Waals surface area contributed by atoms with Crippen LogP contribution >= 0.6 is 0 Å². The van der Waals surface area contributed by atoms with Gasteiger partial charge in [-0.1, -0.05) is 27.7 Å². The van der Waals surface area contributed by atoms with E-state index in [1.165, 1.54) is 65.0 Å². The zero-order chi connectivity index (χ0) is 15.3. The Labute approximate surface area is 132 Å². The molecule has 0 atom stereocenters. The molecule has 2 aliphatic rings. The summed E-state index contributed by atoms with van der Waals surface area (Å²) in [7, 11) is 0. The number of hydrogen-bond acceptors (Lipinski definition) is 3. The second-order valence-corrected chi connectivity index (χ2v) is 8.43. The van der Waals surface area contributed by atoms with Crippen LogP contribution in [0.3, 0.4) is 0 Å². The molecule has 0 spiro atoms. The Balaban J connectivity index is 1.65. The van der Waals surface area contributed by atoms with E-state index >= 15 is 0 Å². The predicted molar refractivity (Wildman–Crippen MR) is 91.8 cm³/mol. The summed E-state index contributed by atoms with van der Waals surface area (Å²) in [6.45, 7) is 18.3. The molecule has 0 aromatic carbocycles. The van der Waals surface area contributed by atoms with Crippen LogP contribution in [-0.4, -0.2) is 61.7 Å². The van der Waals surface area contributed by atoms with Crippen molar-refractivity contribution in [2.45, 2.75) is 59.4 Å². The zero-order valence-corrected chi connectivity index (χ0v) is 14.8. The Morgan fingerprint density at radius 2 is 1.62 bits per heavy atom. The van der Waals surface area contributed by atoms with Gasteiger partial charge in [-0.3, -0.25) is 0 Å². The third-order valence-electron chi connectivity index (χ3n) is 5.06. The fourth-order valence-electron chi connectivity index (χ4n) is 3.80. The molecule has 1 N–H and O–H groups in total. The second kappa shape index (κ2) is 7.94. The highest BCUT2D eigenvalue weighted by Gasteiger charge is 2.27. The Hall–Kier alpha value is -0.120. The van der Waals surface area contributed by atoms with Crippen LogP contribution in [0.2, 0.25) is 0 Å². The van der Waals surface area contributed by atoms with E-state index in [0.717, 1.165) is 12.5 Å². The normalized spacial score (nSPS) is 23.3. The fraction of sp³-hybridized carbons (Fsp3) is 1.00. The summed E-state index contributed by atoms with van der Waals surface area (Å²) in [5, 5.41) is 3.60. The van der Waals surface area contributed by atoms with E-state index < -0.39 is 0 Å². The topological polar surface area (TPSA) is 18.5 Å². The predicted octanol–water partition coefficient (Wildman–Crippen LogP) is 2.82. The standard InChI is InChI=1S/C18H37N3/c1-16(2)19-14-18(3,4)15-21-11-7-17(8-12-21)13-20-9-5-6-10-20/h16-17,19H,5-15H2,1-4H3. The van der Waals surface area contributed by atoms with Crippen LogP contribution in [0.1, 0.15) is 53.4 Å². The first-order chi connectivity index (χ1) is 9.94. The smallest absolute Gasteiger partial charge is 0.00448 e. The molecule has 0 amide bonds. The molecule has 21 heavy (non-hydrogen) atoms. The summed E-state index contributed by atoms with van der Waals surface area (Å²) >= 11 is 0. The number of piperidine rings is 1. The van der Waals surface area contributed by atoms with Crippen molar-refractivity contribution in [1.82, 2.24) is 15.1 Å². The van der Waals surface area contributed by atoms with Crippen LogP contribution in [0.5, 0.6) is 0 Å². The van der Waals surface area contributed by atoms with E-state index in [9.17, 15) is 0 Å². The van der Waals surface area contributed by atoms with Crippen molar-refractivity contribution in [3.63, 3.8) is 0 Å². The molecule has 3 heteroatoms. The van der Waals surface area contributed by atoms with E-state index in [-0.39, 0.29) is 0 Å². The van der Waals surface area contributed by atoms with Gasteiger partial charge in [0.05, 0.1) is 0 Å². The molecule has 0 bridgehead atoms. The van der Waals surface area contributed by atoms with Gasteiger partial charge in [0.25, 0.3) is 0 Å². The zero-order valence-electron chi connectivity index (χ0n) is 14.8. The van der Waals surface area contributed by atoms with Crippen LogP contribution in [-0.2, 0) is 0 Å². The van der Waals surface area contributed by atoms with Crippen molar-refractivity contribution in [3.05, 3.63) is 0 Å². The molecule has 2 saturated heterocycles. The minimum atomic E-state index is 0.381. The first-order valence-electron chi connectivity index (χ1n) is 9.13. The molecule has 0 aromatic rings. The van der Waals surface area contributed by atoms with Crippen LogP contribution in [0.4, 0.5) is 0 Å². The van der Waals surface area contributed by atoms with Crippen LogP contribution in [0, 0.1) is 11.3 Å². The summed E-state index contributed by atoms with van der Waals surface area (Å²) in [4.78, 5) is 5.39. The lowest BCUT2D eigenvalue weighted by Crippen LogP contribution is -2.45. The van der Waals surface area contributed by atoms with Gasteiger partial charge in [-0.15, -0.1) is 0 Å². The van der Waals surface area contributed by atoms with Gasteiger partial charge in [-0.2, -0.15) is 0 Å². The number of rotatable bonds is 7. The number of nitrogens with one attached hydrogen (secondary N) is 1. The minimum Gasteiger partial charge on any atom is -0.314 e.